The van der Waals surface area contributed by atoms with Crippen LogP contribution in [0, 0.1) is 12.7 Å². The Labute approximate surface area is 93.0 Å². The molecule has 1 saturated heterocycles. The fraction of sp³-hybridized carbons (Fsp3) is 0.455. The maximum atomic E-state index is 13.0. The number of aryl methyl sites for hydroxylation is 1. The highest BCUT2D eigenvalue weighted by molar-refractivity contribution is 5.92. The van der Waals surface area contributed by atoms with Gasteiger partial charge in [0.1, 0.15) is 11.5 Å². The second kappa shape index (κ2) is 4.57. The second-order valence-corrected chi connectivity index (χ2v) is 3.72. The number of hydrogen-bond donors (Lipinski definition) is 0. The summed E-state index contributed by atoms with van der Waals surface area (Å²) in [6.07, 6.45) is 1.09. The molecule has 0 aliphatic carbocycles. The van der Waals surface area contributed by atoms with Gasteiger partial charge in [0.2, 0.25) is 0 Å². The Morgan fingerprint density at radius 2 is 2.19 bits per heavy atom. The fourth-order valence-corrected chi connectivity index (χ4v) is 1.58. The molecular weight excluding hydrogens is 211 g/mol. The Hall–Kier alpha value is -1.49. The second-order valence-electron chi connectivity index (χ2n) is 3.72. The number of nitrogens with zero attached hydrogens (tertiary/aromatic N) is 2. The van der Waals surface area contributed by atoms with E-state index in [0.717, 1.165) is 6.20 Å². The summed E-state index contributed by atoms with van der Waals surface area (Å²) in [6.45, 7) is 3.85. The van der Waals surface area contributed by atoms with Gasteiger partial charge in [0, 0.05) is 13.1 Å². The highest BCUT2D eigenvalue weighted by Crippen LogP contribution is 2.09. The van der Waals surface area contributed by atoms with Crippen LogP contribution in [0.25, 0.3) is 0 Å². The predicted molar refractivity (Wildman–Crippen MR) is 55.7 cm³/mol. The van der Waals surface area contributed by atoms with Gasteiger partial charge < -0.3 is 9.64 Å². The molecule has 2 rings (SSSR count). The van der Waals surface area contributed by atoms with Crippen LogP contribution in [0.3, 0.4) is 0 Å². The van der Waals surface area contributed by atoms with Gasteiger partial charge in [0.25, 0.3) is 5.91 Å². The van der Waals surface area contributed by atoms with Crippen molar-refractivity contribution in [3.63, 3.8) is 0 Å². The lowest BCUT2D eigenvalue weighted by Gasteiger charge is -2.26. The molecule has 1 amide bonds. The molecule has 1 aliphatic heterocycles. The van der Waals surface area contributed by atoms with Crippen molar-refractivity contribution in [1.29, 1.82) is 0 Å². The summed E-state index contributed by atoms with van der Waals surface area (Å²) in [5.41, 5.74) is 0.729. The van der Waals surface area contributed by atoms with E-state index in [-0.39, 0.29) is 5.91 Å². The van der Waals surface area contributed by atoms with Gasteiger partial charge in [-0.2, -0.15) is 0 Å². The molecule has 0 saturated carbocycles. The smallest absolute Gasteiger partial charge is 0.272 e. The number of carbonyl (C=O) groups excluding carboxylic acids is 1. The van der Waals surface area contributed by atoms with E-state index in [0.29, 0.717) is 37.6 Å². The average Bonchev–Trinajstić information content (AvgIpc) is 2.33. The molecule has 4 nitrogen and oxygen atoms in total. The predicted octanol–water partition coefficient (Wildman–Crippen LogP) is 1.00. The molecule has 0 radical (unpaired) electrons. The molecule has 0 spiro atoms. The van der Waals surface area contributed by atoms with Gasteiger partial charge in [-0.05, 0) is 18.6 Å². The number of carbonyl (C=O) groups is 1. The zero-order valence-corrected chi connectivity index (χ0v) is 9.07. The van der Waals surface area contributed by atoms with Gasteiger partial charge in [0.05, 0.1) is 19.4 Å². The summed E-state index contributed by atoms with van der Waals surface area (Å²) in [6, 6.07) is 1.48. The molecule has 2 heterocycles. The highest BCUT2D eigenvalue weighted by Gasteiger charge is 2.19. The van der Waals surface area contributed by atoms with Gasteiger partial charge in [-0.1, -0.05) is 0 Å². The Kier molecular flexibility index (Phi) is 3.14. The van der Waals surface area contributed by atoms with Crippen LogP contribution < -0.4 is 0 Å². The topological polar surface area (TPSA) is 42.4 Å². The lowest BCUT2D eigenvalue weighted by atomic mass is 10.2. The SMILES string of the molecule is Cc1cc(C(=O)N2CCOCC2)ncc1F. The molecule has 1 aromatic rings. The van der Waals surface area contributed by atoms with Crippen LogP contribution in [0.2, 0.25) is 0 Å². The molecule has 0 N–H and O–H groups in total. The number of amides is 1. The quantitative estimate of drug-likeness (QED) is 0.714. The molecule has 0 aromatic carbocycles. The number of halogens is 1. The minimum atomic E-state index is -0.390. The number of morpholine rings is 1. The number of aromatic nitrogens is 1. The summed E-state index contributed by atoms with van der Waals surface area (Å²) < 4.78 is 18.2. The Bertz CT molecular complexity index is 403. The summed E-state index contributed by atoms with van der Waals surface area (Å²) >= 11 is 0. The third kappa shape index (κ3) is 2.19. The molecular formula is C11H13FN2O2. The van der Waals surface area contributed by atoms with Crippen LogP contribution in [0.1, 0.15) is 16.1 Å². The first-order valence-electron chi connectivity index (χ1n) is 5.17. The van der Waals surface area contributed by atoms with E-state index in [2.05, 4.69) is 4.98 Å². The first kappa shape index (κ1) is 11.0. The number of pyridine rings is 1. The van der Waals surface area contributed by atoms with Gasteiger partial charge >= 0.3 is 0 Å². The van der Waals surface area contributed by atoms with Crippen molar-refractivity contribution in [3.05, 3.63) is 29.3 Å². The zero-order chi connectivity index (χ0) is 11.5. The van der Waals surface area contributed by atoms with E-state index in [1.165, 1.54) is 6.07 Å². The summed E-state index contributed by atoms with van der Waals surface area (Å²) in [5, 5.41) is 0. The molecule has 0 bridgehead atoms. The maximum absolute atomic E-state index is 13.0. The minimum Gasteiger partial charge on any atom is -0.378 e. The normalized spacial score (nSPS) is 16.2. The standard InChI is InChI=1S/C11H13FN2O2/c1-8-6-10(13-7-9(8)12)11(15)14-2-4-16-5-3-14/h6-7H,2-5H2,1H3. The van der Waals surface area contributed by atoms with Crippen LogP contribution in [0.15, 0.2) is 12.3 Å². The van der Waals surface area contributed by atoms with Crippen molar-refractivity contribution in [1.82, 2.24) is 9.88 Å². The third-order valence-electron chi connectivity index (χ3n) is 2.56. The maximum Gasteiger partial charge on any atom is 0.272 e. The molecule has 86 valence electrons. The number of rotatable bonds is 1. The third-order valence-corrected chi connectivity index (χ3v) is 2.56. The van der Waals surface area contributed by atoms with Gasteiger partial charge in [-0.3, -0.25) is 4.79 Å². The van der Waals surface area contributed by atoms with E-state index in [4.69, 9.17) is 4.74 Å². The number of ether oxygens (including phenoxy) is 1. The van der Waals surface area contributed by atoms with Crippen molar-refractivity contribution in [2.45, 2.75) is 6.92 Å². The van der Waals surface area contributed by atoms with Crippen LogP contribution >= 0.6 is 0 Å². The van der Waals surface area contributed by atoms with Crippen LogP contribution in [-0.4, -0.2) is 42.1 Å². The van der Waals surface area contributed by atoms with Crippen molar-refractivity contribution in [3.8, 4) is 0 Å². The zero-order valence-electron chi connectivity index (χ0n) is 9.07. The Morgan fingerprint density at radius 1 is 1.50 bits per heavy atom. The lowest BCUT2D eigenvalue weighted by Crippen LogP contribution is -2.41. The van der Waals surface area contributed by atoms with Crippen molar-refractivity contribution in [2.24, 2.45) is 0 Å². The van der Waals surface area contributed by atoms with Gasteiger partial charge in [0.15, 0.2) is 0 Å². The first-order valence-corrected chi connectivity index (χ1v) is 5.17. The van der Waals surface area contributed by atoms with E-state index in [1.807, 2.05) is 0 Å². The molecule has 1 aliphatic rings. The lowest BCUT2D eigenvalue weighted by molar-refractivity contribution is 0.0299. The molecule has 16 heavy (non-hydrogen) atoms. The van der Waals surface area contributed by atoms with Crippen LogP contribution in [-0.2, 0) is 4.74 Å². The van der Waals surface area contributed by atoms with E-state index >= 15 is 0 Å². The molecule has 1 fully saturated rings. The summed E-state index contributed by atoms with van der Waals surface area (Å²) in [5.74, 6) is -0.551. The number of hydrogen-bond acceptors (Lipinski definition) is 3. The molecule has 0 unspecified atom stereocenters. The van der Waals surface area contributed by atoms with Crippen LogP contribution in [0.4, 0.5) is 4.39 Å². The average molecular weight is 224 g/mol. The van der Waals surface area contributed by atoms with Crippen molar-refractivity contribution in [2.75, 3.05) is 26.3 Å². The minimum absolute atomic E-state index is 0.161. The van der Waals surface area contributed by atoms with E-state index in [9.17, 15) is 9.18 Å². The molecule has 5 heteroatoms. The van der Waals surface area contributed by atoms with E-state index < -0.39 is 5.82 Å². The summed E-state index contributed by atoms with van der Waals surface area (Å²) in [4.78, 5) is 17.4. The van der Waals surface area contributed by atoms with E-state index in [1.54, 1.807) is 11.8 Å². The van der Waals surface area contributed by atoms with Crippen LogP contribution in [0.5, 0.6) is 0 Å². The largest absolute Gasteiger partial charge is 0.378 e. The van der Waals surface area contributed by atoms with Crippen molar-refractivity contribution >= 4 is 5.91 Å². The highest BCUT2D eigenvalue weighted by atomic mass is 19.1. The Balaban J connectivity index is 2.16. The summed E-state index contributed by atoms with van der Waals surface area (Å²) in [7, 11) is 0. The molecule has 0 atom stereocenters. The monoisotopic (exact) mass is 224 g/mol. The fourth-order valence-electron chi connectivity index (χ4n) is 1.58. The van der Waals surface area contributed by atoms with Gasteiger partial charge in [-0.25, -0.2) is 9.37 Å². The Morgan fingerprint density at radius 3 is 2.81 bits per heavy atom. The van der Waals surface area contributed by atoms with Gasteiger partial charge in [-0.15, -0.1) is 0 Å². The molecule has 1 aromatic heterocycles. The van der Waals surface area contributed by atoms with Crippen molar-refractivity contribution < 1.29 is 13.9 Å². The first-order chi connectivity index (χ1) is 7.68.